The third kappa shape index (κ3) is 3.07. The molecule has 0 atom stereocenters. The molecule has 0 aromatic carbocycles. The van der Waals surface area contributed by atoms with Crippen LogP contribution in [0.3, 0.4) is 0 Å². The molecule has 0 unspecified atom stereocenters. The van der Waals surface area contributed by atoms with Crippen molar-refractivity contribution in [1.82, 2.24) is 15.2 Å². The Morgan fingerprint density at radius 2 is 2.40 bits per heavy atom. The van der Waals surface area contributed by atoms with E-state index < -0.39 is 5.97 Å². The van der Waals surface area contributed by atoms with Gasteiger partial charge in [0, 0.05) is 6.20 Å². The van der Waals surface area contributed by atoms with Gasteiger partial charge in [0.1, 0.15) is 11.1 Å². The van der Waals surface area contributed by atoms with Crippen LogP contribution in [0.5, 0.6) is 0 Å². The molecule has 7 nitrogen and oxygen atoms in total. The highest BCUT2D eigenvalue weighted by atomic mass is 35.5. The average molecular weight is 311 g/mol. The van der Waals surface area contributed by atoms with Crippen molar-refractivity contribution in [2.45, 2.75) is 17.2 Å². The van der Waals surface area contributed by atoms with Crippen molar-refractivity contribution in [2.24, 2.45) is 0 Å². The van der Waals surface area contributed by atoms with Gasteiger partial charge in [-0.3, -0.25) is 0 Å². The molecule has 0 saturated carbocycles. The van der Waals surface area contributed by atoms with E-state index in [1.165, 1.54) is 12.3 Å². The van der Waals surface area contributed by atoms with Crippen molar-refractivity contribution in [3.63, 3.8) is 0 Å². The topological polar surface area (TPSA) is 102 Å². The Balaban J connectivity index is 2.19. The first-order chi connectivity index (χ1) is 9.65. The first-order valence-electron chi connectivity index (χ1n) is 5.38. The molecule has 2 aromatic rings. The lowest BCUT2D eigenvalue weighted by Crippen LogP contribution is -2.04. The molecule has 9 heteroatoms. The Kier molecular flexibility index (Phi) is 4.55. The molecule has 0 aliphatic rings. The molecule has 0 N–H and O–H groups in total. The number of esters is 1. The van der Waals surface area contributed by atoms with E-state index in [1.54, 1.807) is 6.92 Å². The second-order valence-electron chi connectivity index (χ2n) is 3.29. The minimum atomic E-state index is -0.698. The van der Waals surface area contributed by atoms with Crippen molar-refractivity contribution in [1.29, 1.82) is 5.26 Å². The van der Waals surface area contributed by atoms with E-state index in [9.17, 15) is 4.79 Å². The zero-order valence-corrected chi connectivity index (χ0v) is 11.7. The van der Waals surface area contributed by atoms with E-state index in [2.05, 4.69) is 15.2 Å². The van der Waals surface area contributed by atoms with E-state index in [0.29, 0.717) is 5.03 Å². The van der Waals surface area contributed by atoms with Gasteiger partial charge in [0.25, 0.3) is 5.22 Å². The molecule has 0 amide bonds. The summed E-state index contributed by atoms with van der Waals surface area (Å²) >= 11 is 6.95. The molecule has 0 saturated heterocycles. The van der Waals surface area contributed by atoms with Gasteiger partial charge in [0.05, 0.1) is 17.2 Å². The number of nitriles is 1. The maximum Gasteiger partial charge on any atom is 0.396 e. The van der Waals surface area contributed by atoms with Crippen molar-refractivity contribution < 1.29 is 13.9 Å². The standard InChI is InChI=1S/C11H7ClN4O3S/c1-2-18-10(17)8-15-16-11(19-8)20-9-7(12)6(5-13)3-4-14-9/h3-4H,2H2,1H3. The van der Waals surface area contributed by atoms with Gasteiger partial charge in [-0.1, -0.05) is 16.7 Å². The summed E-state index contributed by atoms with van der Waals surface area (Å²) in [7, 11) is 0. The molecule has 0 aliphatic carbocycles. The van der Waals surface area contributed by atoms with Gasteiger partial charge in [-0.05, 0) is 24.8 Å². The Morgan fingerprint density at radius 1 is 1.60 bits per heavy atom. The van der Waals surface area contributed by atoms with Crippen LogP contribution in [0, 0.1) is 11.3 Å². The lowest BCUT2D eigenvalue weighted by atomic mass is 10.3. The van der Waals surface area contributed by atoms with Gasteiger partial charge in [0.15, 0.2) is 0 Å². The van der Waals surface area contributed by atoms with Crippen LogP contribution < -0.4 is 0 Å². The summed E-state index contributed by atoms with van der Waals surface area (Å²) < 4.78 is 9.84. The number of pyridine rings is 1. The van der Waals surface area contributed by atoms with Crippen LogP contribution in [0.1, 0.15) is 23.2 Å². The number of halogens is 1. The molecular formula is C11H7ClN4O3S. The van der Waals surface area contributed by atoms with Crippen LogP contribution in [-0.4, -0.2) is 27.8 Å². The molecule has 0 fully saturated rings. The molecule has 2 rings (SSSR count). The maximum atomic E-state index is 11.4. The Hall–Kier alpha value is -2.11. The van der Waals surface area contributed by atoms with Crippen LogP contribution >= 0.6 is 23.4 Å². The first-order valence-corrected chi connectivity index (χ1v) is 6.58. The summed E-state index contributed by atoms with van der Waals surface area (Å²) in [5.41, 5.74) is 0.286. The predicted octanol–water partition coefficient (Wildman–Crippen LogP) is 2.32. The third-order valence-electron chi connectivity index (χ3n) is 2.02. The number of carbonyl (C=O) groups excluding carboxylic acids is 1. The summed E-state index contributed by atoms with van der Waals surface area (Å²) in [6, 6.07) is 3.43. The van der Waals surface area contributed by atoms with Crippen LogP contribution in [0.4, 0.5) is 0 Å². The zero-order valence-electron chi connectivity index (χ0n) is 10.2. The Bertz CT molecular complexity index is 683. The van der Waals surface area contributed by atoms with Crippen LogP contribution in [0.15, 0.2) is 26.9 Å². The second-order valence-corrected chi connectivity index (χ2v) is 4.60. The van der Waals surface area contributed by atoms with Crippen LogP contribution in [0.25, 0.3) is 0 Å². The largest absolute Gasteiger partial charge is 0.459 e. The SMILES string of the molecule is CCOC(=O)c1nnc(Sc2nccc(C#N)c2Cl)o1. The summed E-state index contributed by atoms with van der Waals surface area (Å²) in [5, 5.41) is 16.7. The fourth-order valence-electron chi connectivity index (χ4n) is 1.19. The number of rotatable bonds is 4. The lowest BCUT2D eigenvalue weighted by molar-refractivity contribution is 0.0475. The van der Waals surface area contributed by atoms with Gasteiger partial charge < -0.3 is 9.15 Å². The van der Waals surface area contributed by atoms with E-state index in [-0.39, 0.29) is 28.3 Å². The monoisotopic (exact) mass is 310 g/mol. The molecule has 0 aliphatic heterocycles. The zero-order chi connectivity index (χ0) is 14.5. The van der Waals surface area contributed by atoms with E-state index in [1.807, 2.05) is 6.07 Å². The van der Waals surface area contributed by atoms with E-state index >= 15 is 0 Å². The highest BCUT2D eigenvalue weighted by Gasteiger charge is 2.18. The van der Waals surface area contributed by atoms with Gasteiger partial charge in [-0.25, -0.2) is 9.78 Å². The third-order valence-corrected chi connectivity index (χ3v) is 3.36. The minimum Gasteiger partial charge on any atom is -0.459 e. The van der Waals surface area contributed by atoms with Gasteiger partial charge in [-0.15, -0.1) is 5.10 Å². The summed E-state index contributed by atoms with van der Waals surface area (Å²) in [4.78, 5) is 15.4. The Morgan fingerprint density at radius 3 is 3.10 bits per heavy atom. The van der Waals surface area contributed by atoms with E-state index in [4.69, 9.17) is 26.0 Å². The number of hydrogen-bond acceptors (Lipinski definition) is 8. The van der Waals surface area contributed by atoms with Crippen LogP contribution in [-0.2, 0) is 4.74 Å². The first kappa shape index (κ1) is 14.3. The summed E-state index contributed by atoms with van der Waals surface area (Å²) in [6.07, 6.45) is 1.44. The minimum absolute atomic E-state index is 0.0811. The molecular weight excluding hydrogens is 304 g/mol. The summed E-state index contributed by atoms with van der Waals surface area (Å²) in [5.74, 6) is -0.946. The van der Waals surface area contributed by atoms with E-state index in [0.717, 1.165) is 11.8 Å². The van der Waals surface area contributed by atoms with Crippen LogP contribution in [0.2, 0.25) is 5.02 Å². The molecule has 0 radical (unpaired) electrons. The van der Waals surface area contributed by atoms with Crippen molar-refractivity contribution in [3.05, 3.63) is 28.7 Å². The maximum absolute atomic E-state index is 11.4. The van der Waals surface area contributed by atoms with Gasteiger partial charge in [-0.2, -0.15) is 5.26 Å². The number of hydrogen-bond donors (Lipinski definition) is 0. The number of ether oxygens (including phenoxy) is 1. The van der Waals surface area contributed by atoms with Gasteiger partial charge in [0.2, 0.25) is 0 Å². The average Bonchev–Trinajstić information content (AvgIpc) is 2.90. The normalized spacial score (nSPS) is 10.1. The number of carbonyl (C=O) groups is 1. The quantitative estimate of drug-likeness (QED) is 0.793. The molecule has 0 spiro atoms. The van der Waals surface area contributed by atoms with Crippen molar-refractivity contribution in [2.75, 3.05) is 6.61 Å². The smallest absolute Gasteiger partial charge is 0.396 e. The van der Waals surface area contributed by atoms with Crippen molar-refractivity contribution >= 4 is 29.3 Å². The lowest BCUT2D eigenvalue weighted by Gasteiger charge is -2.00. The fourth-order valence-corrected chi connectivity index (χ4v) is 2.14. The number of aromatic nitrogens is 3. The van der Waals surface area contributed by atoms with Gasteiger partial charge >= 0.3 is 11.9 Å². The Labute approximate surface area is 122 Å². The fraction of sp³-hybridized carbons (Fsp3) is 0.182. The molecule has 102 valence electrons. The predicted molar refractivity (Wildman–Crippen MR) is 68.3 cm³/mol. The summed E-state index contributed by atoms with van der Waals surface area (Å²) in [6.45, 7) is 1.88. The highest BCUT2D eigenvalue weighted by Crippen LogP contribution is 2.32. The highest BCUT2D eigenvalue weighted by molar-refractivity contribution is 7.99. The molecule has 0 bridgehead atoms. The van der Waals surface area contributed by atoms with Crippen molar-refractivity contribution in [3.8, 4) is 6.07 Å². The molecule has 20 heavy (non-hydrogen) atoms. The number of nitrogens with zero attached hydrogens (tertiary/aromatic N) is 4. The second kappa shape index (κ2) is 6.36. The molecule has 2 heterocycles. The molecule has 2 aromatic heterocycles.